The van der Waals surface area contributed by atoms with Gasteiger partial charge in [0.15, 0.2) is 0 Å². The van der Waals surface area contributed by atoms with E-state index in [9.17, 15) is 14.9 Å². The predicted molar refractivity (Wildman–Crippen MR) is 79.1 cm³/mol. The van der Waals surface area contributed by atoms with Crippen LogP contribution in [0.25, 0.3) is 0 Å². The second-order valence-corrected chi connectivity index (χ2v) is 6.15. The molecule has 2 atom stereocenters. The Morgan fingerprint density at radius 2 is 1.95 bits per heavy atom. The maximum absolute atomic E-state index is 12.6. The van der Waals surface area contributed by atoms with Crippen molar-refractivity contribution >= 4 is 11.6 Å². The molecule has 21 heavy (non-hydrogen) atoms. The van der Waals surface area contributed by atoms with Gasteiger partial charge in [-0.15, -0.1) is 0 Å². The van der Waals surface area contributed by atoms with Crippen LogP contribution in [0.5, 0.6) is 0 Å². The zero-order chi connectivity index (χ0) is 14.8. The van der Waals surface area contributed by atoms with Crippen molar-refractivity contribution in [3.63, 3.8) is 0 Å². The molecule has 1 heterocycles. The molecule has 2 aliphatic rings. The Labute approximate surface area is 124 Å². The SMILES string of the molecule is O=C(c1cccc([N+](=O)[O-])c1)N1CC[C@H]2CCCC[C@@H]2C1. The van der Waals surface area contributed by atoms with Gasteiger partial charge in [-0.25, -0.2) is 0 Å². The van der Waals surface area contributed by atoms with Crippen LogP contribution in [0.1, 0.15) is 42.5 Å². The van der Waals surface area contributed by atoms with E-state index in [4.69, 9.17) is 0 Å². The van der Waals surface area contributed by atoms with E-state index >= 15 is 0 Å². The fraction of sp³-hybridized carbons (Fsp3) is 0.562. The molecule has 5 heteroatoms. The highest BCUT2D eigenvalue weighted by molar-refractivity contribution is 5.94. The van der Waals surface area contributed by atoms with Gasteiger partial charge in [0.25, 0.3) is 11.6 Å². The van der Waals surface area contributed by atoms with Gasteiger partial charge in [-0.05, 0) is 30.7 Å². The molecule has 1 aliphatic carbocycles. The Balaban J connectivity index is 1.73. The molecular formula is C16H20N2O3. The number of amides is 1. The third-order valence-electron chi connectivity index (χ3n) is 4.88. The number of nitrogens with zero attached hydrogens (tertiary/aromatic N) is 2. The number of hydrogen-bond donors (Lipinski definition) is 0. The molecule has 0 spiro atoms. The third kappa shape index (κ3) is 2.91. The lowest BCUT2D eigenvalue weighted by atomic mass is 9.75. The summed E-state index contributed by atoms with van der Waals surface area (Å²) >= 11 is 0. The number of piperidine rings is 1. The summed E-state index contributed by atoms with van der Waals surface area (Å²) in [6.45, 7) is 1.59. The van der Waals surface area contributed by atoms with E-state index in [1.54, 1.807) is 12.1 Å². The summed E-state index contributed by atoms with van der Waals surface area (Å²) in [5.41, 5.74) is 0.409. The van der Waals surface area contributed by atoms with E-state index in [2.05, 4.69) is 0 Å². The zero-order valence-corrected chi connectivity index (χ0v) is 12.0. The molecule has 2 fully saturated rings. The molecule has 0 N–H and O–H groups in total. The number of rotatable bonds is 2. The van der Waals surface area contributed by atoms with Crippen molar-refractivity contribution in [3.05, 3.63) is 39.9 Å². The van der Waals surface area contributed by atoms with E-state index in [0.717, 1.165) is 25.4 Å². The molecule has 1 aliphatic heterocycles. The Morgan fingerprint density at radius 1 is 1.19 bits per heavy atom. The van der Waals surface area contributed by atoms with E-state index in [-0.39, 0.29) is 11.6 Å². The first kappa shape index (κ1) is 14.0. The van der Waals surface area contributed by atoms with Crippen LogP contribution in [-0.2, 0) is 0 Å². The Bertz CT molecular complexity index is 558. The minimum absolute atomic E-state index is 0.0200. The van der Waals surface area contributed by atoms with Gasteiger partial charge in [0.2, 0.25) is 0 Å². The average molecular weight is 288 g/mol. The lowest BCUT2D eigenvalue weighted by Gasteiger charge is -2.41. The molecule has 1 aromatic rings. The topological polar surface area (TPSA) is 63.4 Å². The summed E-state index contributed by atoms with van der Waals surface area (Å²) in [4.78, 5) is 24.8. The first-order chi connectivity index (χ1) is 10.1. The minimum atomic E-state index is -0.454. The maximum Gasteiger partial charge on any atom is 0.270 e. The predicted octanol–water partition coefficient (Wildman–Crippen LogP) is 3.25. The van der Waals surface area contributed by atoms with Crippen molar-refractivity contribution in [2.24, 2.45) is 11.8 Å². The van der Waals surface area contributed by atoms with Crippen molar-refractivity contribution in [3.8, 4) is 0 Å². The number of nitro groups is 1. The quantitative estimate of drug-likeness (QED) is 0.620. The number of carbonyl (C=O) groups is 1. The van der Waals surface area contributed by atoms with Gasteiger partial charge < -0.3 is 4.90 Å². The fourth-order valence-electron chi connectivity index (χ4n) is 3.72. The molecule has 112 valence electrons. The second-order valence-electron chi connectivity index (χ2n) is 6.15. The van der Waals surface area contributed by atoms with Crippen LogP contribution in [-0.4, -0.2) is 28.8 Å². The maximum atomic E-state index is 12.6. The van der Waals surface area contributed by atoms with Crippen LogP contribution in [0, 0.1) is 22.0 Å². The number of nitro benzene ring substituents is 1. The van der Waals surface area contributed by atoms with Crippen molar-refractivity contribution < 1.29 is 9.72 Å². The van der Waals surface area contributed by atoms with Crippen LogP contribution in [0.4, 0.5) is 5.69 Å². The van der Waals surface area contributed by atoms with Crippen LogP contribution in [0.15, 0.2) is 24.3 Å². The second kappa shape index (κ2) is 5.84. The Hall–Kier alpha value is -1.91. The van der Waals surface area contributed by atoms with E-state index in [1.807, 2.05) is 4.90 Å². The van der Waals surface area contributed by atoms with Crippen molar-refractivity contribution in [1.82, 2.24) is 4.90 Å². The molecule has 1 saturated heterocycles. The molecule has 1 saturated carbocycles. The summed E-state index contributed by atoms with van der Waals surface area (Å²) in [5, 5.41) is 10.8. The molecule has 0 unspecified atom stereocenters. The van der Waals surface area contributed by atoms with Crippen molar-refractivity contribution in [2.75, 3.05) is 13.1 Å². The Kier molecular flexibility index (Phi) is 3.90. The van der Waals surface area contributed by atoms with Gasteiger partial charge in [-0.2, -0.15) is 0 Å². The number of non-ortho nitro benzene ring substituents is 1. The van der Waals surface area contributed by atoms with Gasteiger partial charge >= 0.3 is 0 Å². The normalized spacial score (nSPS) is 25.2. The minimum Gasteiger partial charge on any atom is -0.338 e. The van der Waals surface area contributed by atoms with Crippen LogP contribution < -0.4 is 0 Å². The van der Waals surface area contributed by atoms with Gasteiger partial charge in [0.1, 0.15) is 0 Å². The highest BCUT2D eigenvalue weighted by atomic mass is 16.6. The largest absolute Gasteiger partial charge is 0.338 e. The van der Waals surface area contributed by atoms with E-state index in [1.165, 1.54) is 37.8 Å². The first-order valence-corrected chi connectivity index (χ1v) is 7.69. The standard InChI is InChI=1S/C16H20N2O3/c19-16(13-6-3-7-15(10-13)18(20)21)17-9-8-12-4-1-2-5-14(12)11-17/h3,6-7,10,12,14H,1-2,4-5,8-9,11H2/t12-,14-/m1/s1. The first-order valence-electron chi connectivity index (χ1n) is 7.69. The number of benzene rings is 1. The molecule has 0 aromatic heterocycles. The molecule has 0 bridgehead atoms. The van der Waals surface area contributed by atoms with Gasteiger partial charge in [0, 0.05) is 30.8 Å². The summed E-state index contributed by atoms with van der Waals surface area (Å²) in [6.07, 6.45) is 6.16. The fourth-order valence-corrected chi connectivity index (χ4v) is 3.72. The number of hydrogen-bond acceptors (Lipinski definition) is 3. The van der Waals surface area contributed by atoms with Crippen LogP contribution in [0.2, 0.25) is 0 Å². The van der Waals surface area contributed by atoms with Gasteiger partial charge in [0.05, 0.1) is 4.92 Å². The Morgan fingerprint density at radius 3 is 2.71 bits per heavy atom. The summed E-state index contributed by atoms with van der Waals surface area (Å²) in [5.74, 6) is 1.32. The molecular weight excluding hydrogens is 268 g/mol. The van der Waals surface area contributed by atoms with E-state index in [0.29, 0.717) is 11.5 Å². The van der Waals surface area contributed by atoms with Gasteiger partial charge in [-0.3, -0.25) is 14.9 Å². The number of carbonyl (C=O) groups excluding carboxylic acids is 1. The van der Waals surface area contributed by atoms with Crippen LogP contribution >= 0.6 is 0 Å². The molecule has 1 amide bonds. The average Bonchev–Trinajstić information content (AvgIpc) is 2.53. The van der Waals surface area contributed by atoms with Gasteiger partial charge in [-0.1, -0.05) is 25.3 Å². The monoisotopic (exact) mass is 288 g/mol. The lowest BCUT2D eigenvalue weighted by molar-refractivity contribution is -0.384. The van der Waals surface area contributed by atoms with Crippen molar-refractivity contribution in [2.45, 2.75) is 32.1 Å². The smallest absolute Gasteiger partial charge is 0.270 e. The van der Waals surface area contributed by atoms with E-state index < -0.39 is 4.92 Å². The summed E-state index contributed by atoms with van der Waals surface area (Å²) in [7, 11) is 0. The number of likely N-dealkylation sites (tertiary alicyclic amines) is 1. The molecule has 5 nitrogen and oxygen atoms in total. The van der Waals surface area contributed by atoms with Crippen LogP contribution in [0.3, 0.4) is 0 Å². The highest BCUT2D eigenvalue weighted by Crippen LogP contribution is 2.36. The molecule has 3 rings (SSSR count). The van der Waals surface area contributed by atoms with Crippen molar-refractivity contribution in [1.29, 1.82) is 0 Å². The summed E-state index contributed by atoms with van der Waals surface area (Å²) in [6, 6.07) is 6.06. The molecule has 0 radical (unpaired) electrons. The summed E-state index contributed by atoms with van der Waals surface area (Å²) < 4.78 is 0. The highest BCUT2D eigenvalue weighted by Gasteiger charge is 2.33. The molecule has 1 aromatic carbocycles. The zero-order valence-electron chi connectivity index (χ0n) is 12.0. The number of fused-ring (bicyclic) bond motifs is 1. The lowest BCUT2D eigenvalue weighted by Crippen LogP contribution is -2.44. The third-order valence-corrected chi connectivity index (χ3v) is 4.88.